The molecule has 3 aromatic rings. The molecule has 146 valence electrons. The van der Waals surface area contributed by atoms with Gasteiger partial charge in [-0.3, -0.25) is 0 Å². The number of thiocarbonyl (C=S) groups is 1. The van der Waals surface area contributed by atoms with E-state index in [9.17, 15) is 0 Å². The second-order valence-electron chi connectivity index (χ2n) is 6.17. The Morgan fingerprint density at radius 3 is 2.54 bits per heavy atom. The average molecular weight is 397 g/mol. The Kier molecular flexibility index (Phi) is 6.92. The summed E-state index contributed by atoms with van der Waals surface area (Å²) < 4.78 is 16.3. The van der Waals surface area contributed by atoms with Gasteiger partial charge in [-0.2, -0.15) is 0 Å². The Hall–Kier alpha value is -2.99. The third-order valence-electron chi connectivity index (χ3n) is 4.14. The predicted octanol–water partition coefficient (Wildman–Crippen LogP) is 5.09. The lowest BCUT2D eigenvalue weighted by atomic mass is 10.2. The number of methoxy groups -OCH3 is 1. The first-order chi connectivity index (χ1) is 13.7. The van der Waals surface area contributed by atoms with Gasteiger partial charge >= 0.3 is 0 Å². The van der Waals surface area contributed by atoms with Crippen LogP contribution in [0.4, 0.5) is 5.69 Å². The SMILES string of the molecule is CCOc1ccc(CN(Cc2ccco2)C(=S)Nc2cccc(OC)c2)cc1. The molecule has 6 heteroatoms. The number of anilines is 1. The van der Waals surface area contributed by atoms with Crippen LogP contribution in [0.2, 0.25) is 0 Å². The predicted molar refractivity (Wildman–Crippen MR) is 115 cm³/mol. The molecule has 1 heterocycles. The first-order valence-corrected chi connectivity index (χ1v) is 9.53. The molecule has 3 rings (SSSR count). The van der Waals surface area contributed by atoms with Crippen LogP contribution in [-0.2, 0) is 13.1 Å². The highest BCUT2D eigenvalue weighted by atomic mass is 32.1. The summed E-state index contributed by atoms with van der Waals surface area (Å²) in [5.41, 5.74) is 2.00. The maximum absolute atomic E-state index is 5.68. The van der Waals surface area contributed by atoms with Crippen LogP contribution in [0.5, 0.6) is 11.5 Å². The summed E-state index contributed by atoms with van der Waals surface area (Å²) in [6.45, 7) is 3.83. The molecule has 1 aromatic heterocycles. The number of benzene rings is 2. The minimum atomic E-state index is 0.565. The van der Waals surface area contributed by atoms with Crippen LogP contribution in [-0.4, -0.2) is 23.7 Å². The molecule has 28 heavy (non-hydrogen) atoms. The van der Waals surface area contributed by atoms with Crippen molar-refractivity contribution in [2.75, 3.05) is 19.0 Å². The van der Waals surface area contributed by atoms with E-state index in [1.165, 1.54) is 0 Å². The molecule has 0 unspecified atom stereocenters. The van der Waals surface area contributed by atoms with Gasteiger partial charge in [0.2, 0.25) is 0 Å². The molecule has 0 aliphatic heterocycles. The van der Waals surface area contributed by atoms with Crippen molar-refractivity contribution in [1.29, 1.82) is 0 Å². The highest BCUT2D eigenvalue weighted by molar-refractivity contribution is 7.80. The van der Waals surface area contributed by atoms with Gasteiger partial charge < -0.3 is 24.1 Å². The fourth-order valence-electron chi connectivity index (χ4n) is 2.77. The lowest BCUT2D eigenvalue weighted by Crippen LogP contribution is -2.33. The van der Waals surface area contributed by atoms with Crippen LogP contribution < -0.4 is 14.8 Å². The maximum atomic E-state index is 5.68. The zero-order chi connectivity index (χ0) is 19.8. The fraction of sp³-hybridized carbons (Fsp3) is 0.227. The second kappa shape index (κ2) is 9.80. The Morgan fingerprint density at radius 2 is 1.86 bits per heavy atom. The van der Waals surface area contributed by atoms with E-state index < -0.39 is 0 Å². The highest BCUT2D eigenvalue weighted by Gasteiger charge is 2.14. The van der Waals surface area contributed by atoms with Crippen molar-refractivity contribution in [1.82, 2.24) is 4.90 Å². The van der Waals surface area contributed by atoms with E-state index in [4.69, 9.17) is 26.1 Å². The standard InChI is InChI=1S/C22H24N2O3S/c1-3-26-19-11-9-17(10-12-19)15-24(16-21-8-5-13-27-21)22(28)23-18-6-4-7-20(14-18)25-2/h4-14H,3,15-16H2,1-2H3,(H,23,28). The Morgan fingerprint density at radius 1 is 1.04 bits per heavy atom. The average Bonchev–Trinajstić information content (AvgIpc) is 3.22. The van der Waals surface area contributed by atoms with Gasteiger partial charge in [-0.1, -0.05) is 18.2 Å². The van der Waals surface area contributed by atoms with Crippen molar-refractivity contribution >= 4 is 23.0 Å². The molecule has 0 saturated carbocycles. The lowest BCUT2D eigenvalue weighted by molar-refractivity contribution is 0.339. The monoisotopic (exact) mass is 396 g/mol. The third kappa shape index (κ3) is 5.50. The molecule has 0 atom stereocenters. The van der Waals surface area contributed by atoms with Crippen molar-refractivity contribution in [2.24, 2.45) is 0 Å². The quantitative estimate of drug-likeness (QED) is 0.536. The van der Waals surface area contributed by atoms with E-state index in [0.29, 0.717) is 24.8 Å². The van der Waals surface area contributed by atoms with Crippen molar-refractivity contribution in [3.63, 3.8) is 0 Å². The summed E-state index contributed by atoms with van der Waals surface area (Å²) in [6, 6.07) is 19.6. The minimum absolute atomic E-state index is 0.565. The van der Waals surface area contributed by atoms with Gasteiger partial charge in [0.1, 0.15) is 17.3 Å². The topological polar surface area (TPSA) is 46.9 Å². The van der Waals surface area contributed by atoms with Gasteiger partial charge in [-0.05, 0) is 61.1 Å². The molecule has 1 N–H and O–H groups in total. The summed E-state index contributed by atoms with van der Waals surface area (Å²) in [6.07, 6.45) is 1.67. The molecule has 5 nitrogen and oxygen atoms in total. The van der Waals surface area contributed by atoms with E-state index in [-0.39, 0.29) is 0 Å². The number of nitrogens with zero attached hydrogens (tertiary/aromatic N) is 1. The summed E-state index contributed by atoms with van der Waals surface area (Å²) in [7, 11) is 1.65. The number of ether oxygens (including phenoxy) is 2. The lowest BCUT2D eigenvalue weighted by Gasteiger charge is -2.25. The van der Waals surface area contributed by atoms with E-state index >= 15 is 0 Å². The van der Waals surface area contributed by atoms with Gasteiger partial charge in [0.15, 0.2) is 5.11 Å². The molecule has 2 aromatic carbocycles. The molecular formula is C22H24N2O3S. The van der Waals surface area contributed by atoms with Gasteiger partial charge in [-0.15, -0.1) is 0 Å². The van der Waals surface area contributed by atoms with Gasteiger partial charge in [0.05, 0.1) is 26.5 Å². The maximum Gasteiger partial charge on any atom is 0.174 e. The summed E-state index contributed by atoms with van der Waals surface area (Å²) in [4.78, 5) is 2.06. The number of rotatable bonds is 8. The first-order valence-electron chi connectivity index (χ1n) is 9.12. The van der Waals surface area contributed by atoms with Crippen LogP contribution >= 0.6 is 12.2 Å². The molecule has 0 aliphatic rings. The summed E-state index contributed by atoms with van der Waals surface area (Å²) in [5.74, 6) is 2.48. The fourth-order valence-corrected chi connectivity index (χ4v) is 3.02. The normalized spacial score (nSPS) is 10.4. The van der Waals surface area contributed by atoms with Crippen molar-refractivity contribution in [2.45, 2.75) is 20.0 Å². The minimum Gasteiger partial charge on any atom is -0.497 e. The number of hydrogen-bond donors (Lipinski definition) is 1. The number of furan rings is 1. The molecule has 0 amide bonds. The molecule has 0 bridgehead atoms. The van der Waals surface area contributed by atoms with Crippen LogP contribution in [0.15, 0.2) is 71.3 Å². The Balaban J connectivity index is 1.74. The van der Waals surface area contributed by atoms with Crippen LogP contribution in [0, 0.1) is 0 Å². The number of nitrogens with one attached hydrogen (secondary N) is 1. The molecule has 0 aliphatic carbocycles. The van der Waals surface area contributed by atoms with Crippen molar-refractivity contribution < 1.29 is 13.9 Å². The van der Waals surface area contributed by atoms with E-state index in [0.717, 1.165) is 28.5 Å². The molecule has 0 fully saturated rings. The van der Waals surface area contributed by atoms with E-state index in [1.807, 2.05) is 67.6 Å². The molecule has 0 spiro atoms. The smallest absolute Gasteiger partial charge is 0.174 e. The summed E-state index contributed by atoms with van der Waals surface area (Å²) >= 11 is 5.68. The van der Waals surface area contributed by atoms with Crippen LogP contribution in [0.1, 0.15) is 18.2 Å². The van der Waals surface area contributed by atoms with Gasteiger partial charge in [0.25, 0.3) is 0 Å². The molecule has 0 saturated heterocycles. The van der Waals surface area contributed by atoms with Crippen molar-refractivity contribution in [3.05, 3.63) is 78.3 Å². The highest BCUT2D eigenvalue weighted by Crippen LogP contribution is 2.19. The summed E-state index contributed by atoms with van der Waals surface area (Å²) in [5, 5.41) is 3.90. The molecular weight excluding hydrogens is 372 g/mol. The molecule has 0 radical (unpaired) electrons. The van der Waals surface area contributed by atoms with Gasteiger partial charge in [-0.25, -0.2) is 0 Å². The van der Waals surface area contributed by atoms with E-state index in [2.05, 4.69) is 10.2 Å². The Bertz CT molecular complexity index is 879. The van der Waals surface area contributed by atoms with Crippen LogP contribution in [0.25, 0.3) is 0 Å². The van der Waals surface area contributed by atoms with Crippen molar-refractivity contribution in [3.8, 4) is 11.5 Å². The number of hydrogen-bond acceptors (Lipinski definition) is 4. The first kappa shape index (κ1) is 19.8. The second-order valence-corrected chi connectivity index (χ2v) is 6.56. The van der Waals surface area contributed by atoms with Gasteiger partial charge in [0, 0.05) is 18.3 Å². The zero-order valence-electron chi connectivity index (χ0n) is 16.1. The Labute approximate surface area is 170 Å². The van der Waals surface area contributed by atoms with Crippen LogP contribution in [0.3, 0.4) is 0 Å². The third-order valence-corrected chi connectivity index (χ3v) is 4.50. The van der Waals surface area contributed by atoms with E-state index in [1.54, 1.807) is 13.4 Å². The largest absolute Gasteiger partial charge is 0.497 e. The zero-order valence-corrected chi connectivity index (χ0v) is 16.9.